The van der Waals surface area contributed by atoms with Gasteiger partial charge in [0.05, 0.1) is 5.02 Å². The van der Waals surface area contributed by atoms with Gasteiger partial charge in [0.15, 0.2) is 16.6 Å². The molecule has 0 saturated carbocycles. The van der Waals surface area contributed by atoms with Crippen LogP contribution in [0.4, 0.5) is 5.82 Å². The van der Waals surface area contributed by atoms with E-state index in [0.717, 1.165) is 25.5 Å². The van der Waals surface area contributed by atoms with Crippen molar-refractivity contribution in [2.45, 2.75) is 18.9 Å². The lowest BCUT2D eigenvalue weighted by Crippen LogP contribution is -2.50. The Labute approximate surface area is 132 Å². The quantitative estimate of drug-likeness (QED) is 0.807. The minimum Gasteiger partial charge on any atom is -0.351 e. The van der Waals surface area contributed by atoms with Crippen molar-refractivity contribution in [3.63, 3.8) is 0 Å². The van der Waals surface area contributed by atoms with E-state index in [4.69, 9.17) is 23.2 Å². The molecule has 4 heterocycles. The second-order valence-electron chi connectivity index (χ2n) is 5.61. The third-order valence-electron chi connectivity index (χ3n) is 4.32. The third kappa shape index (κ3) is 2.43. The number of nitrogens with zero attached hydrogens (tertiary/aromatic N) is 5. The van der Waals surface area contributed by atoms with Crippen molar-refractivity contribution in [2.75, 3.05) is 31.1 Å². The number of pyridine rings is 1. The van der Waals surface area contributed by atoms with Crippen LogP contribution in [0.25, 0.3) is 11.2 Å². The number of anilines is 1. The van der Waals surface area contributed by atoms with E-state index in [1.807, 2.05) is 0 Å². The summed E-state index contributed by atoms with van der Waals surface area (Å²) in [7, 11) is 0. The summed E-state index contributed by atoms with van der Waals surface area (Å²) in [6.45, 7) is 4.18. The Hall–Kier alpha value is -1.17. The molecule has 0 amide bonds. The molecule has 0 radical (unpaired) electrons. The van der Waals surface area contributed by atoms with E-state index in [0.29, 0.717) is 27.4 Å². The summed E-state index contributed by atoms with van der Waals surface area (Å²) in [6, 6.07) is 2.35. The molecule has 0 aliphatic carbocycles. The highest BCUT2D eigenvalue weighted by molar-refractivity contribution is 6.32. The highest BCUT2D eigenvalue weighted by Crippen LogP contribution is 2.29. The van der Waals surface area contributed by atoms with Crippen molar-refractivity contribution in [2.24, 2.45) is 0 Å². The van der Waals surface area contributed by atoms with Gasteiger partial charge in [-0.3, -0.25) is 4.90 Å². The fourth-order valence-electron chi connectivity index (χ4n) is 3.28. The van der Waals surface area contributed by atoms with Gasteiger partial charge in [0, 0.05) is 31.9 Å². The monoisotopic (exact) mass is 323 g/mol. The molecule has 2 saturated heterocycles. The number of rotatable bonds is 1. The lowest BCUT2D eigenvalue weighted by atomic mass is 10.1. The molecule has 21 heavy (non-hydrogen) atoms. The van der Waals surface area contributed by atoms with Gasteiger partial charge in [-0.15, -0.1) is 0 Å². The van der Waals surface area contributed by atoms with Crippen LogP contribution in [-0.2, 0) is 0 Å². The topological polar surface area (TPSA) is 45.2 Å². The van der Waals surface area contributed by atoms with Crippen LogP contribution in [0.2, 0.25) is 10.2 Å². The van der Waals surface area contributed by atoms with Gasteiger partial charge in [0.25, 0.3) is 0 Å². The van der Waals surface area contributed by atoms with Gasteiger partial charge in [-0.25, -0.2) is 15.0 Å². The van der Waals surface area contributed by atoms with E-state index in [-0.39, 0.29) is 0 Å². The van der Waals surface area contributed by atoms with Crippen LogP contribution in [0.3, 0.4) is 0 Å². The summed E-state index contributed by atoms with van der Waals surface area (Å²) < 4.78 is 0. The van der Waals surface area contributed by atoms with Crippen molar-refractivity contribution in [1.82, 2.24) is 19.9 Å². The van der Waals surface area contributed by atoms with Crippen LogP contribution in [-0.4, -0.2) is 52.1 Å². The van der Waals surface area contributed by atoms with Crippen LogP contribution in [0, 0.1) is 0 Å². The Balaban J connectivity index is 1.69. The zero-order valence-corrected chi connectivity index (χ0v) is 13.0. The first kappa shape index (κ1) is 13.5. The summed E-state index contributed by atoms with van der Waals surface area (Å²) in [6.07, 6.45) is 4.13. The number of halogens is 2. The predicted molar refractivity (Wildman–Crippen MR) is 84.2 cm³/mol. The third-order valence-corrected chi connectivity index (χ3v) is 4.78. The maximum absolute atomic E-state index is 6.33. The zero-order valence-electron chi connectivity index (χ0n) is 11.5. The molecule has 0 bridgehead atoms. The average molecular weight is 324 g/mol. The molecule has 110 valence electrons. The molecule has 7 heteroatoms. The largest absolute Gasteiger partial charge is 0.351 e. The molecule has 2 fully saturated rings. The molecule has 0 aromatic carbocycles. The number of hydrogen-bond acceptors (Lipinski definition) is 5. The minimum absolute atomic E-state index is 0.429. The Morgan fingerprint density at radius 2 is 2.05 bits per heavy atom. The zero-order chi connectivity index (χ0) is 14.4. The van der Waals surface area contributed by atoms with Crippen LogP contribution in [0.1, 0.15) is 12.8 Å². The summed E-state index contributed by atoms with van der Waals surface area (Å²) >= 11 is 12.3. The molecule has 5 nitrogen and oxygen atoms in total. The summed E-state index contributed by atoms with van der Waals surface area (Å²) in [5, 5.41) is 0.971. The first-order valence-electron chi connectivity index (χ1n) is 7.18. The molecular formula is C14H15Cl2N5. The maximum atomic E-state index is 6.33. The fourth-order valence-corrected chi connectivity index (χ4v) is 3.68. The van der Waals surface area contributed by atoms with Gasteiger partial charge in [-0.05, 0) is 25.5 Å². The Morgan fingerprint density at radius 1 is 1.14 bits per heavy atom. The molecule has 1 atom stereocenters. The first-order chi connectivity index (χ1) is 10.2. The van der Waals surface area contributed by atoms with Gasteiger partial charge in [-0.1, -0.05) is 23.2 Å². The molecule has 2 aliphatic rings. The Morgan fingerprint density at radius 3 is 2.95 bits per heavy atom. The van der Waals surface area contributed by atoms with E-state index < -0.39 is 0 Å². The standard InChI is InChI=1S/C14H15Cl2N5/c15-9-6-11-13(17-7-9)19-14(12(16)18-11)21-5-4-20-3-1-2-10(20)8-21/h6-7,10H,1-5,8H2. The van der Waals surface area contributed by atoms with Crippen molar-refractivity contribution in [3.8, 4) is 0 Å². The molecule has 2 aromatic rings. The van der Waals surface area contributed by atoms with E-state index in [1.165, 1.54) is 19.4 Å². The Bertz CT molecular complexity index is 692. The number of hydrogen-bond donors (Lipinski definition) is 0. The van der Waals surface area contributed by atoms with Gasteiger partial charge >= 0.3 is 0 Å². The van der Waals surface area contributed by atoms with E-state index in [2.05, 4.69) is 24.8 Å². The summed E-state index contributed by atoms with van der Waals surface area (Å²) in [5.41, 5.74) is 1.23. The molecule has 0 N–H and O–H groups in total. The SMILES string of the molecule is Clc1cnc2nc(N3CCN4CCCC4C3)c(Cl)nc2c1. The number of aromatic nitrogens is 3. The normalized spacial score (nSPS) is 22.8. The summed E-state index contributed by atoms with van der Waals surface area (Å²) in [5.74, 6) is 0.741. The first-order valence-corrected chi connectivity index (χ1v) is 7.94. The average Bonchev–Trinajstić information content (AvgIpc) is 2.93. The van der Waals surface area contributed by atoms with E-state index in [9.17, 15) is 0 Å². The highest BCUT2D eigenvalue weighted by atomic mass is 35.5. The van der Waals surface area contributed by atoms with Gasteiger partial charge in [-0.2, -0.15) is 0 Å². The van der Waals surface area contributed by atoms with Gasteiger partial charge in [0.1, 0.15) is 5.52 Å². The van der Waals surface area contributed by atoms with Gasteiger partial charge in [0.2, 0.25) is 0 Å². The molecule has 4 rings (SSSR count). The van der Waals surface area contributed by atoms with Crippen molar-refractivity contribution in [1.29, 1.82) is 0 Å². The van der Waals surface area contributed by atoms with Crippen molar-refractivity contribution < 1.29 is 0 Å². The second kappa shape index (κ2) is 5.23. The molecule has 0 spiro atoms. The molecule has 1 unspecified atom stereocenters. The predicted octanol–water partition coefficient (Wildman–Crippen LogP) is 2.62. The fraction of sp³-hybridized carbons (Fsp3) is 0.500. The van der Waals surface area contributed by atoms with E-state index in [1.54, 1.807) is 12.3 Å². The molecule has 2 aliphatic heterocycles. The van der Waals surface area contributed by atoms with Crippen LogP contribution >= 0.6 is 23.2 Å². The molecule has 2 aromatic heterocycles. The Kier molecular flexibility index (Phi) is 3.36. The maximum Gasteiger partial charge on any atom is 0.180 e. The van der Waals surface area contributed by atoms with Crippen molar-refractivity contribution in [3.05, 3.63) is 22.4 Å². The smallest absolute Gasteiger partial charge is 0.180 e. The minimum atomic E-state index is 0.429. The second-order valence-corrected chi connectivity index (χ2v) is 6.41. The van der Waals surface area contributed by atoms with Gasteiger partial charge < -0.3 is 4.90 Å². The van der Waals surface area contributed by atoms with Crippen molar-refractivity contribution >= 4 is 40.2 Å². The number of fused-ring (bicyclic) bond motifs is 2. The summed E-state index contributed by atoms with van der Waals surface area (Å²) in [4.78, 5) is 18.0. The van der Waals surface area contributed by atoms with Crippen LogP contribution < -0.4 is 4.90 Å². The lowest BCUT2D eigenvalue weighted by molar-refractivity contribution is 0.230. The van der Waals surface area contributed by atoms with Crippen LogP contribution in [0.5, 0.6) is 0 Å². The highest BCUT2D eigenvalue weighted by Gasteiger charge is 2.32. The number of piperazine rings is 1. The van der Waals surface area contributed by atoms with E-state index >= 15 is 0 Å². The molecular weight excluding hydrogens is 309 g/mol. The van der Waals surface area contributed by atoms with Crippen LogP contribution in [0.15, 0.2) is 12.3 Å². The lowest BCUT2D eigenvalue weighted by Gasteiger charge is -2.38.